The van der Waals surface area contributed by atoms with Gasteiger partial charge in [-0.2, -0.15) is 0 Å². The minimum absolute atomic E-state index is 0.698. The van der Waals surface area contributed by atoms with E-state index in [9.17, 15) is 146 Å². The summed E-state index contributed by atoms with van der Waals surface area (Å²) in [7, 11) is 0. The van der Waals surface area contributed by atoms with Gasteiger partial charge in [-0.15, -0.1) is 0 Å². The molecule has 8 heterocycles. The Kier molecular flexibility index (Phi) is 28.9. The summed E-state index contributed by atoms with van der Waals surface area (Å²) >= 11 is 0. The molecule has 8 aliphatic heterocycles. The standard InChI is InChI=1S/C56H86N4O44/c1-10(65)57-19-28(75)24(71)15(5-61)91-50(19)99-39-29(76)32(79)54(102-43(39)47(84)85)96-36-21(59-12(3)67)52(93-17(7-63)26(36)73)101-41-31(78)34(81)56(104-45(41)49(88)89)97-37-22(60-13(4)68)53(94-18(8-64)27(37)74)100-40-30(77)33(80)55(103-44(40)48(86)87)95-35-20(58-11(2)66)51(92-16(6-62)25(35)72)98-38-23(70)14(69)9-90-42(38)46(82)83/h14-45,50-56,61-64,69-81H,5-9H2,1-4H3,(H,57,65)(H,58,66)(H,59,67)(H,60,68)(H,82,83)(H,84,85)(H,86,87)(H,88,89)/t14-,15+,16+,17+,18+,19+,20+,21+,22+,23+,24+,25+,26+,27+,28+,29+,30+,31+,32+,33+,34+,35+,36+,37+,38-,39-,40-,41-,42-,43-,44-,45-,50-,51-,52-,53-,54+,55+,56+/m0/s1. The van der Waals surface area contributed by atoms with Crippen molar-refractivity contribution in [3.63, 3.8) is 0 Å². The predicted molar refractivity (Wildman–Crippen MR) is 312 cm³/mol. The maximum Gasteiger partial charge on any atom is 0.335 e. The molecular formula is C56H86N4O44. The molecule has 39 atom stereocenters. The fraction of sp³-hybridized carbons (Fsp3) is 0.857. The van der Waals surface area contributed by atoms with E-state index in [0.717, 1.165) is 27.7 Å². The molecule has 0 aromatic rings. The van der Waals surface area contributed by atoms with Gasteiger partial charge < -0.3 is 200 Å². The Morgan fingerprint density at radius 3 is 0.788 bits per heavy atom. The minimum Gasteiger partial charge on any atom is -0.479 e. The van der Waals surface area contributed by atoms with Crippen LogP contribution in [0.15, 0.2) is 0 Å². The van der Waals surface area contributed by atoms with Crippen LogP contribution < -0.4 is 21.3 Å². The highest BCUT2D eigenvalue weighted by Gasteiger charge is 2.62. The maximum atomic E-state index is 13.2. The lowest BCUT2D eigenvalue weighted by molar-refractivity contribution is -0.380. The summed E-state index contributed by atoms with van der Waals surface area (Å²) in [6.07, 6.45) is -78.7. The first-order valence-corrected chi connectivity index (χ1v) is 32.0. The molecule has 0 saturated carbocycles. The lowest BCUT2D eigenvalue weighted by Crippen LogP contribution is -2.71. The molecule has 594 valence electrons. The van der Waals surface area contributed by atoms with E-state index in [0.29, 0.717) is 0 Å². The average molecular weight is 1520 g/mol. The Labute approximate surface area is 584 Å². The number of hydrogen-bond acceptors (Lipinski definition) is 40. The third kappa shape index (κ3) is 18.3. The molecule has 0 bridgehead atoms. The highest BCUT2D eigenvalue weighted by atomic mass is 16.8. The molecule has 104 heavy (non-hydrogen) atoms. The third-order valence-electron chi connectivity index (χ3n) is 18.0. The van der Waals surface area contributed by atoms with Crippen LogP contribution >= 0.6 is 0 Å². The van der Waals surface area contributed by atoms with Gasteiger partial charge in [0.25, 0.3) is 0 Å². The van der Waals surface area contributed by atoms with Crippen LogP contribution in [0.1, 0.15) is 27.7 Å². The van der Waals surface area contributed by atoms with E-state index < -0.39 is 320 Å². The number of aliphatic carboxylic acids is 4. The SMILES string of the molecule is CC(=O)N[C@H]1[C@H](O[C@H]2[C@H](O)[C@@H](O)[C@H](O[C@H]3[C@H](O)[C@@H](CO)O[C@@H](O[C@H]4[C@H](O)[C@@H](O)[C@H](O[C@H]5[C@H](O)[C@@H](CO)O[C@@H](O[C@H]6[C@H](O)[C@@H](O)[C@H](O[C@H]7[C@H](O)[C@@H](CO)O[C@@H](O[C@H]8[C@H](O)[C@@H](O)CO[C@@H]8C(=O)O)[C@@H]7NC(C)=O)O[C@@H]6C(=O)O)[C@@H]5NC(C)=O)O[C@@H]4C(=O)O)[C@@H]3NC(C)=O)O[C@@H]2C(=O)O)O[C@H](CO)[C@@H](O)[C@@H]1O. The molecule has 8 fully saturated rings. The van der Waals surface area contributed by atoms with Crippen molar-refractivity contribution in [3.05, 3.63) is 0 Å². The maximum absolute atomic E-state index is 13.2. The molecule has 8 rings (SSSR count). The second-order valence-corrected chi connectivity index (χ2v) is 25.3. The largest absolute Gasteiger partial charge is 0.479 e. The van der Waals surface area contributed by atoms with E-state index in [2.05, 4.69) is 21.3 Å². The van der Waals surface area contributed by atoms with Crippen molar-refractivity contribution in [2.45, 2.75) is 267 Å². The first kappa shape index (κ1) is 84.1. The molecule has 48 nitrogen and oxygen atoms in total. The van der Waals surface area contributed by atoms with Crippen LogP contribution in [0, 0.1) is 0 Å². The molecule has 0 unspecified atom stereocenters. The number of hydrogen-bond donors (Lipinski definition) is 25. The first-order valence-electron chi connectivity index (χ1n) is 32.0. The molecule has 8 aliphatic rings. The van der Waals surface area contributed by atoms with E-state index in [1.807, 2.05) is 0 Å². The smallest absolute Gasteiger partial charge is 0.335 e. The Bertz CT molecular complexity index is 2950. The van der Waals surface area contributed by atoms with Gasteiger partial charge >= 0.3 is 23.9 Å². The van der Waals surface area contributed by atoms with Gasteiger partial charge in [0.2, 0.25) is 23.6 Å². The second kappa shape index (κ2) is 35.7. The zero-order valence-corrected chi connectivity index (χ0v) is 54.8. The molecule has 0 aromatic heterocycles. The van der Waals surface area contributed by atoms with Crippen LogP contribution in [0.2, 0.25) is 0 Å². The summed E-state index contributed by atoms with van der Waals surface area (Å²) in [6.45, 7) is -1.68. The summed E-state index contributed by atoms with van der Waals surface area (Å²) in [6, 6.07) is -7.85. The summed E-state index contributed by atoms with van der Waals surface area (Å²) in [5.74, 6) is -11.8. The fourth-order valence-corrected chi connectivity index (χ4v) is 12.9. The van der Waals surface area contributed by atoms with Crippen LogP contribution in [0.3, 0.4) is 0 Å². The Morgan fingerprint density at radius 2 is 0.529 bits per heavy atom. The van der Waals surface area contributed by atoms with Gasteiger partial charge in [0, 0.05) is 27.7 Å². The van der Waals surface area contributed by atoms with Crippen molar-refractivity contribution in [2.24, 2.45) is 0 Å². The summed E-state index contributed by atoms with van der Waals surface area (Å²) in [5.41, 5.74) is 0. The Balaban J connectivity index is 1.01. The van der Waals surface area contributed by atoms with Crippen LogP contribution in [0.4, 0.5) is 0 Å². The van der Waals surface area contributed by atoms with Gasteiger partial charge in [-0.05, 0) is 0 Å². The van der Waals surface area contributed by atoms with Crippen molar-refractivity contribution >= 4 is 47.5 Å². The van der Waals surface area contributed by atoms with E-state index in [-0.39, 0.29) is 0 Å². The van der Waals surface area contributed by atoms with Crippen LogP contribution in [-0.4, -0.2) is 427 Å². The molecule has 0 spiro atoms. The highest BCUT2D eigenvalue weighted by Crippen LogP contribution is 2.39. The van der Waals surface area contributed by atoms with Gasteiger partial charge in [0.15, 0.2) is 68.4 Å². The Hall–Kier alpha value is -5.52. The van der Waals surface area contributed by atoms with Crippen molar-refractivity contribution in [3.8, 4) is 0 Å². The minimum atomic E-state index is -2.64. The molecule has 0 radical (unpaired) electrons. The number of carboxylic acid groups (broad SMARTS) is 4. The number of rotatable bonds is 26. The van der Waals surface area contributed by atoms with E-state index >= 15 is 0 Å². The molecule has 48 heteroatoms. The number of ether oxygens (including phenoxy) is 15. The first-order chi connectivity index (χ1) is 48.9. The van der Waals surface area contributed by atoms with Crippen molar-refractivity contribution < 1.29 is 217 Å². The quantitative estimate of drug-likeness (QED) is 0.0382. The van der Waals surface area contributed by atoms with Crippen LogP contribution in [0.5, 0.6) is 0 Å². The number of nitrogens with one attached hydrogen (secondary N) is 4. The lowest BCUT2D eigenvalue weighted by Gasteiger charge is -2.51. The number of carbonyl (C=O) groups excluding carboxylic acids is 4. The molecule has 8 saturated heterocycles. The third-order valence-corrected chi connectivity index (χ3v) is 18.0. The number of carboxylic acids is 4. The van der Waals surface area contributed by atoms with Gasteiger partial charge in [-0.1, -0.05) is 0 Å². The lowest BCUT2D eigenvalue weighted by atomic mass is 9.93. The predicted octanol–water partition coefficient (Wildman–Crippen LogP) is -16.8. The summed E-state index contributed by atoms with van der Waals surface area (Å²) < 4.78 is 85.0. The highest BCUT2D eigenvalue weighted by molar-refractivity contribution is 5.76. The van der Waals surface area contributed by atoms with Gasteiger partial charge in [0.1, 0.15) is 171 Å². The number of carbonyl (C=O) groups is 8. The molecule has 0 aromatic carbocycles. The molecule has 25 N–H and O–H groups in total. The zero-order chi connectivity index (χ0) is 77.1. The molecular weight excluding hydrogens is 1430 g/mol. The van der Waals surface area contributed by atoms with E-state index in [1.54, 1.807) is 0 Å². The number of aliphatic hydroxyl groups excluding tert-OH is 17. The van der Waals surface area contributed by atoms with Crippen LogP contribution in [-0.2, 0) is 109 Å². The van der Waals surface area contributed by atoms with E-state index in [1.165, 1.54) is 0 Å². The topological polar surface area (TPSA) is 748 Å². The summed E-state index contributed by atoms with van der Waals surface area (Å²) in [4.78, 5) is 102. The second-order valence-electron chi connectivity index (χ2n) is 25.3. The Morgan fingerprint density at radius 1 is 0.288 bits per heavy atom. The average Bonchev–Trinajstić information content (AvgIpc) is 0.768. The number of aliphatic hydroxyl groups is 17. The molecule has 0 aliphatic carbocycles. The normalized spacial score (nSPS) is 46.4. The number of amides is 4. The van der Waals surface area contributed by atoms with Crippen LogP contribution in [0.25, 0.3) is 0 Å². The monoisotopic (exact) mass is 1520 g/mol. The van der Waals surface area contributed by atoms with Gasteiger partial charge in [0.05, 0.1) is 33.0 Å². The van der Waals surface area contributed by atoms with Gasteiger partial charge in [-0.25, -0.2) is 19.2 Å². The zero-order valence-electron chi connectivity index (χ0n) is 54.8. The van der Waals surface area contributed by atoms with Crippen molar-refractivity contribution in [1.82, 2.24) is 21.3 Å². The fourth-order valence-electron chi connectivity index (χ4n) is 12.9. The van der Waals surface area contributed by atoms with Crippen molar-refractivity contribution in [2.75, 3.05) is 33.0 Å². The molecule has 4 amide bonds. The van der Waals surface area contributed by atoms with Gasteiger partial charge in [-0.3, -0.25) is 19.2 Å². The van der Waals surface area contributed by atoms with E-state index in [4.69, 9.17) is 71.1 Å². The van der Waals surface area contributed by atoms with Crippen molar-refractivity contribution in [1.29, 1.82) is 0 Å². The summed E-state index contributed by atoms with van der Waals surface area (Å²) in [5, 5.41) is 238.